The average molecular weight is 320 g/mol. The van der Waals surface area contributed by atoms with Gasteiger partial charge < -0.3 is 11.1 Å². The van der Waals surface area contributed by atoms with Gasteiger partial charge in [0.25, 0.3) is 5.91 Å². The molecule has 0 spiro atoms. The molecule has 6 heteroatoms. The number of benzene rings is 2. The molecular weight excluding hydrogens is 306 g/mol. The molecule has 2 aromatic carbocycles. The lowest BCUT2D eigenvalue weighted by Crippen LogP contribution is -2.34. The number of amides is 1. The first-order chi connectivity index (χ1) is 9.97. The fourth-order valence-electron chi connectivity index (χ4n) is 1.78. The fraction of sp³-hybridized carbons (Fsp3) is 0.0667. The molecule has 4 nitrogen and oxygen atoms in total. The number of hydrogen-bond acceptors (Lipinski definition) is 3. The molecule has 0 atom stereocenters. The van der Waals surface area contributed by atoms with E-state index in [9.17, 15) is 4.79 Å². The van der Waals surface area contributed by atoms with Crippen molar-refractivity contribution < 1.29 is 4.79 Å². The molecule has 2 rings (SSSR count). The maximum Gasteiger partial charge on any atom is 0.257 e. The molecule has 0 aliphatic carbocycles. The molecule has 0 radical (unpaired) electrons. The molecule has 0 aliphatic heterocycles. The van der Waals surface area contributed by atoms with Gasteiger partial charge in [-0.1, -0.05) is 29.8 Å². The molecule has 21 heavy (non-hydrogen) atoms. The third-order valence-corrected chi connectivity index (χ3v) is 3.37. The molecule has 0 aliphatic rings. The smallest absolute Gasteiger partial charge is 0.257 e. The molecule has 0 heterocycles. The van der Waals surface area contributed by atoms with E-state index in [4.69, 9.17) is 29.6 Å². The van der Waals surface area contributed by atoms with Crippen molar-refractivity contribution in [1.29, 1.82) is 0 Å². The number of halogens is 1. The monoisotopic (exact) mass is 319 g/mol. The van der Waals surface area contributed by atoms with Crippen molar-refractivity contribution in [3.8, 4) is 0 Å². The van der Waals surface area contributed by atoms with Gasteiger partial charge in [-0.05, 0) is 49.0 Å². The lowest BCUT2D eigenvalue weighted by atomic mass is 10.1. The Labute approximate surface area is 133 Å². The minimum Gasteiger partial charge on any atom is -0.399 e. The summed E-state index contributed by atoms with van der Waals surface area (Å²) in [5.41, 5.74) is 8.21. The van der Waals surface area contributed by atoms with Gasteiger partial charge in [-0.15, -0.1) is 0 Å². The Morgan fingerprint density at radius 3 is 2.62 bits per heavy atom. The number of nitrogen functional groups attached to an aromatic ring is 1. The van der Waals surface area contributed by atoms with Gasteiger partial charge in [0.2, 0.25) is 0 Å². The number of thiocarbonyl (C=S) groups is 1. The average Bonchev–Trinajstić information content (AvgIpc) is 2.42. The van der Waals surface area contributed by atoms with Crippen LogP contribution in [0.25, 0.3) is 0 Å². The number of nitrogens with two attached hydrogens (primary N) is 1. The van der Waals surface area contributed by atoms with Crippen LogP contribution < -0.4 is 16.4 Å². The number of nitrogens with one attached hydrogen (secondary N) is 2. The highest BCUT2D eigenvalue weighted by atomic mass is 35.5. The van der Waals surface area contributed by atoms with Crippen molar-refractivity contribution in [2.45, 2.75) is 6.92 Å². The van der Waals surface area contributed by atoms with E-state index < -0.39 is 0 Å². The summed E-state index contributed by atoms with van der Waals surface area (Å²) in [6, 6.07) is 12.3. The summed E-state index contributed by atoms with van der Waals surface area (Å²) in [4.78, 5) is 12.1. The van der Waals surface area contributed by atoms with Crippen molar-refractivity contribution in [3.63, 3.8) is 0 Å². The molecule has 1 amide bonds. The number of rotatable bonds is 2. The first-order valence-corrected chi connectivity index (χ1v) is 6.99. The van der Waals surface area contributed by atoms with Gasteiger partial charge in [0.1, 0.15) is 0 Å². The number of anilines is 2. The topological polar surface area (TPSA) is 67.2 Å². The third kappa shape index (κ3) is 3.93. The molecule has 0 fully saturated rings. The van der Waals surface area contributed by atoms with E-state index in [1.165, 1.54) is 0 Å². The first kappa shape index (κ1) is 15.3. The number of carbonyl (C=O) groups excluding carboxylic acids is 1. The Hall–Kier alpha value is -2.11. The Balaban J connectivity index is 2.05. The molecule has 0 unspecified atom stereocenters. The van der Waals surface area contributed by atoms with Gasteiger partial charge in [0.05, 0.1) is 10.7 Å². The van der Waals surface area contributed by atoms with Crippen LogP contribution in [-0.4, -0.2) is 11.0 Å². The number of aryl methyl sites for hydroxylation is 1. The van der Waals surface area contributed by atoms with Gasteiger partial charge in [-0.3, -0.25) is 10.1 Å². The van der Waals surface area contributed by atoms with Crippen LogP contribution >= 0.6 is 23.8 Å². The summed E-state index contributed by atoms with van der Waals surface area (Å²) >= 11 is 11.2. The van der Waals surface area contributed by atoms with Crippen molar-refractivity contribution in [2.75, 3.05) is 11.1 Å². The van der Waals surface area contributed by atoms with Gasteiger partial charge >= 0.3 is 0 Å². The molecular formula is C15H14ClN3OS. The predicted molar refractivity (Wildman–Crippen MR) is 90.7 cm³/mol. The molecule has 0 aromatic heterocycles. The zero-order valence-corrected chi connectivity index (χ0v) is 12.9. The maximum absolute atomic E-state index is 12.1. The van der Waals surface area contributed by atoms with E-state index in [0.717, 1.165) is 5.56 Å². The molecule has 0 bridgehead atoms. The van der Waals surface area contributed by atoms with Crippen molar-refractivity contribution >= 4 is 46.2 Å². The van der Waals surface area contributed by atoms with E-state index in [1.54, 1.807) is 30.3 Å². The van der Waals surface area contributed by atoms with Crippen LogP contribution in [0.5, 0.6) is 0 Å². The lowest BCUT2D eigenvalue weighted by molar-refractivity contribution is 0.0977. The Morgan fingerprint density at radius 1 is 1.24 bits per heavy atom. The highest BCUT2D eigenvalue weighted by Gasteiger charge is 2.11. The number of hydrogen-bond donors (Lipinski definition) is 3. The van der Waals surface area contributed by atoms with E-state index in [0.29, 0.717) is 22.0 Å². The summed E-state index contributed by atoms with van der Waals surface area (Å²) < 4.78 is 0. The van der Waals surface area contributed by atoms with Crippen LogP contribution in [0.3, 0.4) is 0 Å². The van der Waals surface area contributed by atoms with Crippen LogP contribution in [0.15, 0.2) is 42.5 Å². The van der Waals surface area contributed by atoms with Crippen LogP contribution in [0.2, 0.25) is 5.02 Å². The summed E-state index contributed by atoms with van der Waals surface area (Å²) in [5, 5.41) is 6.10. The summed E-state index contributed by atoms with van der Waals surface area (Å²) in [7, 11) is 0. The minimum atomic E-state index is -0.267. The summed E-state index contributed by atoms with van der Waals surface area (Å²) in [6.45, 7) is 1.86. The van der Waals surface area contributed by atoms with Crippen LogP contribution in [0, 0.1) is 6.92 Å². The SMILES string of the molecule is Cc1ccccc1C(=O)NC(=S)Nc1ccc(N)cc1Cl. The maximum atomic E-state index is 12.1. The van der Waals surface area contributed by atoms with E-state index >= 15 is 0 Å². The largest absolute Gasteiger partial charge is 0.399 e. The molecule has 108 valence electrons. The Morgan fingerprint density at radius 2 is 1.95 bits per heavy atom. The molecule has 0 saturated heterocycles. The Kier molecular flexibility index (Phi) is 4.77. The van der Waals surface area contributed by atoms with Crippen LogP contribution in [-0.2, 0) is 0 Å². The first-order valence-electron chi connectivity index (χ1n) is 6.20. The van der Waals surface area contributed by atoms with Gasteiger partial charge in [0, 0.05) is 11.3 Å². The Bertz CT molecular complexity index is 703. The van der Waals surface area contributed by atoms with Crippen molar-refractivity contribution in [2.24, 2.45) is 0 Å². The standard InChI is InChI=1S/C15H14ClN3OS/c1-9-4-2-3-5-11(9)14(20)19-15(21)18-13-7-6-10(17)8-12(13)16/h2-8H,17H2,1H3,(H2,18,19,20,21). The minimum absolute atomic E-state index is 0.176. The molecule has 0 saturated carbocycles. The van der Waals surface area contributed by atoms with Crippen molar-refractivity contribution in [1.82, 2.24) is 5.32 Å². The zero-order chi connectivity index (χ0) is 15.4. The second kappa shape index (κ2) is 6.56. The third-order valence-electron chi connectivity index (χ3n) is 2.86. The van der Waals surface area contributed by atoms with Gasteiger partial charge in [0.15, 0.2) is 5.11 Å². The zero-order valence-electron chi connectivity index (χ0n) is 11.3. The van der Waals surface area contributed by atoms with Gasteiger partial charge in [-0.25, -0.2) is 0 Å². The number of carbonyl (C=O) groups is 1. The van der Waals surface area contributed by atoms with E-state index in [1.807, 2.05) is 19.1 Å². The molecule has 2 aromatic rings. The lowest BCUT2D eigenvalue weighted by Gasteiger charge is -2.12. The van der Waals surface area contributed by atoms with E-state index in [-0.39, 0.29) is 11.0 Å². The van der Waals surface area contributed by atoms with Crippen molar-refractivity contribution in [3.05, 3.63) is 58.6 Å². The van der Waals surface area contributed by atoms with Crippen LogP contribution in [0.4, 0.5) is 11.4 Å². The van der Waals surface area contributed by atoms with Gasteiger partial charge in [-0.2, -0.15) is 0 Å². The summed E-state index contributed by atoms with van der Waals surface area (Å²) in [6.07, 6.45) is 0. The molecule has 4 N–H and O–H groups in total. The quantitative estimate of drug-likeness (QED) is 0.586. The fourth-order valence-corrected chi connectivity index (χ4v) is 2.22. The normalized spacial score (nSPS) is 10.0. The highest BCUT2D eigenvalue weighted by molar-refractivity contribution is 7.80. The van der Waals surface area contributed by atoms with Crippen LogP contribution in [0.1, 0.15) is 15.9 Å². The highest BCUT2D eigenvalue weighted by Crippen LogP contribution is 2.23. The second-order valence-corrected chi connectivity index (χ2v) is 5.28. The summed E-state index contributed by atoms with van der Waals surface area (Å²) in [5.74, 6) is -0.267. The second-order valence-electron chi connectivity index (χ2n) is 4.46. The predicted octanol–water partition coefficient (Wildman–Crippen LogP) is 3.36. The van der Waals surface area contributed by atoms with E-state index in [2.05, 4.69) is 10.6 Å².